The van der Waals surface area contributed by atoms with Gasteiger partial charge in [-0.25, -0.2) is 4.39 Å². The largest absolute Gasteiger partial charge is 0.316 e. The van der Waals surface area contributed by atoms with Crippen molar-refractivity contribution in [1.29, 1.82) is 0 Å². The fraction of sp³-hybridized carbons (Fsp3) is 0.917. The first-order valence-corrected chi connectivity index (χ1v) is 11.6. The van der Waals surface area contributed by atoms with Crippen molar-refractivity contribution in [2.45, 2.75) is 90.6 Å². The summed E-state index contributed by atoms with van der Waals surface area (Å²) in [5.41, 5.74) is 0. The van der Waals surface area contributed by atoms with Gasteiger partial charge in [0.1, 0.15) is 6.17 Å². The third kappa shape index (κ3) is 6.08. The highest BCUT2D eigenvalue weighted by molar-refractivity contribution is 4.97. The lowest BCUT2D eigenvalue weighted by atomic mass is 9.74. The first-order valence-electron chi connectivity index (χ1n) is 11.6. The third-order valence-electron chi connectivity index (χ3n) is 7.58. The molecule has 2 atom stereocenters. The van der Waals surface area contributed by atoms with Gasteiger partial charge in [0.25, 0.3) is 0 Å². The smallest absolute Gasteiger partial charge is 0.103 e. The first kappa shape index (κ1) is 20.4. The first-order chi connectivity index (χ1) is 12.6. The Labute approximate surface area is 161 Å². The molecular formula is C24H42FN. The van der Waals surface area contributed by atoms with Crippen LogP contribution in [0.5, 0.6) is 0 Å². The highest BCUT2D eigenvalue weighted by Crippen LogP contribution is 2.38. The number of hydrogen-bond donors (Lipinski definition) is 1. The van der Waals surface area contributed by atoms with Crippen molar-refractivity contribution in [3.8, 4) is 0 Å². The van der Waals surface area contributed by atoms with Crippen LogP contribution in [0.15, 0.2) is 12.2 Å². The molecule has 0 radical (unpaired) electrons. The molecule has 2 aliphatic carbocycles. The van der Waals surface area contributed by atoms with Gasteiger partial charge in [0, 0.05) is 0 Å². The van der Waals surface area contributed by atoms with Crippen LogP contribution >= 0.6 is 0 Å². The van der Waals surface area contributed by atoms with Crippen molar-refractivity contribution in [2.24, 2.45) is 35.5 Å². The predicted octanol–water partition coefficient (Wildman–Crippen LogP) is 6.54. The lowest BCUT2D eigenvalue weighted by Gasteiger charge is -2.32. The summed E-state index contributed by atoms with van der Waals surface area (Å²) < 4.78 is 14.4. The molecule has 1 nitrogen and oxygen atoms in total. The molecule has 1 aliphatic heterocycles. The van der Waals surface area contributed by atoms with Crippen LogP contribution in [0, 0.1) is 35.5 Å². The van der Waals surface area contributed by atoms with Gasteiger partial charge in [-0.1, -0.05) is 26.0 Å². The zero-order chi connectivity index (χ0) is 18.4. The second-order valence-corrected chi connectivity index (χ2v) is 9.97. The van der Waals surface area contributed by atoms with E-state index < -0.39 is 6.17 Å². The Kier molecular flexibility index (Phi) is 8.03. The van der Waals surface area contributed by atoms with Crippen LogP contribution < -0.4 is 5.32 Å². The highest BCUT2D eigenvalue weighted by Gasteiger charge is 2.29. The molecule has 3 fully saturated rings. The lowest BCUT2D eigenvalue weighted by molar-refractivity contribution is 0.151. The maximum atomic E-state index is 14.4. The summed E-state index contributed by atoms with van der Waals surface area (Å²) in [7, 11) is 0. The fourth-order valence-electron chi connectivity index (χ4n) is 5.63. The van der Waals surface area contributed by atoms with E-state index in [-0.39, 0.29) is 0 Å². The monoisotopic (exact) mass is 363 g/mol. The Morgan fingerprint density at radius 1 is 0.808 bits per heavy atom. The van der Waals surface area contributed by atoms with Gasteiger partial charge in [-0.05, 0) is 119 Å². The van der Waals surface area contributed by atoms with E-state index in [1.807, 2.05) is 0 Å². The average molecular weight is 364 g/mol. The Hall–Kier alpha value is -0.370. The Bertz CT molecular complexity index is 410. The van der Waals surface area contributed by atoms with E-state index >= 15 is 0 Å². The van der Waals surface area contributed by atoms with Crippen molar-refractivity contribution in [1.82, 2.24) is 5.32 Å². The van der Waals surface area contributed by atoms with Crippen molar-refractivity contribution in [3.05, 3.63) is 12.2 Å². The molecule has 2 unspecified atom stereocenters. The summed E-state index contributed by atoms with van der Waals surface area (Å²) in [5, 5.41) is 3.53. The second-order valence-electron chi connectivity index (χ2n) is 9.97. The minimum absolute atomic E-state index is 0.342. The van der Waals surface area contributed by atoms with Gasteiger partial charge in [-0.15, -0.1) is 0 Å². The summed E-state index contributed by atoms with van der Waals surface area (Å²) in [6.07, 6.45) is 18.0. The Balaban J connectivity index is 1.33. The standard InChI is InChI=1S/C24H42FN/c1-18(2)3-14-24(25)22-12-8-20(9-13-22)5-4-19-6-10-21(11-7-19)23-15-16-26-17-23/h4-5,18-24,26H,3,6-17H2,1-2H3/b5-4+. The van der Waals surface area contributed by atoms with Crippen LogP contribution in [0.2, 0.25) is 0 Å². The van der Waals surface area contributed by atoms with E-state index in [0.29, 0.717) is 11.8 Å². The zero-order valence-corrected chi connectivity index (χ0v) is 17.3. The maximum Gasteiger partial charge on any atom is 0.103 e. The molecule has 0 aromatic carbocycles. The molecule has 3 rings (SSSR count). The molecule has 0 amide bonds. The molecule has 0 aromatic rings. The molecule has 3 aliphatic rings. The van der Waals surface area contributed by atoms with E-state index in [2.05, 4.69) is 31.3 Å². The number of alkyl halides is 1. The van der Waals surface area contributed by atoms with Crippen LogP contribution in [0.25, 0.3) is 0 Å². The molecule has 2 saturated carbocycles. The maximum absolute atomic E-state index is 14.4. The molecule has 0 spiro atoms. The van der Waals surface area contributed by atoms with Crippen LogP contribution in [0.4, 0.5) is 4.39 Å². The van der Waals surface area contributed by atoms with Crippen molar-refractivity contribution < 1.29 is 4.39 Å². The van der Waals surface area contributed by atoms with E-state index in [1.165, 1.54) is 58.0 Å². The topological polar surface area (TPSA) is 12.0 Å². The number of allylic oxidation sites excluding steroid dienone is 2. The number of hydrogen-bond acceptors (Lipinski definition) is 1. The molecule has 1 heterocycles. The quantitative estimate of drug-likeness (QED) is 0.506. The van der Waals surface area contributed by atoms with Gasteiger partial charge < -0.3 is 5.32 Å². The molecule has 1 N–H and O–H groups in total. The molecule has 1 saturated heterocycles. The summed E-state index contributed by atoms with van der Waals surface area (Å²) in [6, 6.07) is 0. The molecule has 26 heavy (non-hydrogen) atoms. The summed E-state index contributed by atoms with van der Waals surface area (Å²) in [6.45, 7) is 6.91. The molecule has 150 valence electrons. The highest BCUT2D eigenvalue weighted by atomic mass is 19.1. The average Bonchev–Trinajstić information content (AvgIpc) is 3.20. The minimum atomic E-state index is -0.553. The Morgan fingerprint density at radius 2 is 1.42 bits per heavy atom. The third-order valence-corrected chi connectivity index (χ3v) is 7.58. The van der Waals surface area contributed by atoms with E-state index in [4.69, 9.17) is 0 Å². The summed E-state index contributed by atoms with van der Waals surface area (Å²) in [5.74, 6) is 4.46. The van der Waals surface area contributed by atoms with Gasteiger partial charge in [-0.2, -0.15) is 0 Å². The van der Waals surface area contributed by atoms with Crippen molar-refractivity contribution in [2.75, 3.05) is 13.1 Å². The minimum Gasteiger partial charge on any atom is -0.316 e. The molecule has 2 heteroatoms. The van der Waals surface area contributed by atoms with E-state index in [9.17, 15) is 4.39 Å². The SMILES string of the molecule is CC(C)CCC(F)C1CCC(/C=C/C2CCC(C3CCNC3)CC2)CC1. The van der Waals surface area contributed by atoms with Crippen LogP contribution in [0.1, 0.15) is 84.5 Å². The van der Waals surface area contributed by atoms with E-state index in [1.54, 1.807) is 0 Å². The summed E-state index contributed by atoms with van der Waals surface area (Å²) in [4.78, 5) is 0. The van der Waals surface area contributed by atoms with Crippen LogP contribution in [-0.2, 0) is 0 Å². The fourth-order valence-corrected chi connectivity index (χ4v) is 5.63. The summed E-state index contributed by atoms with van der Waals surface area (Å²) >= 11 is 0. The van der Waals surface area contributed by atoms with Crippen LogP contribution in [0.3, 0.4) is 0 Å². The number of nitrogens with one attached hydrogen (secondary N) is 1. The van der Waals surface area contributed by atoms with Crippen molar-refractivity contribution >= 4 is 0 Å². The molecule has 0 aromatic heterocycles. The van der Waals surface area contributed by atoms with Gasteiger partial charge in [0.05, 0.1) is 0 Å². The normalized spacial score (nSPS) is 37.5. The van der Waals surface area contributed by atoms with Crippen molar-refractivity contribution in [3.63, 3.8) is 0 Å². The van der Waals surface area contributed by atoms with Gasteiger partial charge in [0.15, 0.2) is 0 Å². The predicted molar refractivity (Wildman–Crippen MR) is 110 cm³/mol. The second kappa shape index (κ2) is 10.2. The number of halogens is 1. The molecule has 0 bridgehead atoms. The number of rotatable bonds is 7. The van der Waals surface area contributed by atoms with Gasteiger partial charge >= 0.3 is 0 Å². The van der Waals surface area contributed by atoms with Gasteiger partial charge in [0.2, 0.25) is 0 Å². The zero-order valence-electron chi connectivity index (χ0n) is 17.3. The molecular weight excluding hydrogens is 321 g/mol. The van der Waals surface area contributed by atoms with Gasteiger partial charge in [-0.3, -0.25) is 0 Å². The Morgan fingerprint density at radius 3 is 1.96 bits per heavy atom. The van der Waals surface area contributed by atoms with E-state index in [0.717, 1.165) is 49.4 Å². The van der Waals surface area contributed by atoms with Crippen LogP contribution in [-0.4, -0.2) is 19.3 Å². The lowest BCUT2D eigenvalue weighted by Crippen LogP contribution is -2.23.